The quantitative estimate of drug-likeness (QED) is 0.705. The van der Waals surface area contributed by atoms with Crippen molar-refractivity contribution >= 4 is 0 Å². The van der Waals surface area contributed by atoms with Gasteiger partial charge < -0.3 is 10.5 Å². The maximum absolute atomic E-state index is 5.65. The third-order valence-electron chi connectivity index (χ3n) is 2.20. The number of hydrogen-bond donors (Lipinski definition) is 1. The van der Waals surface area contributed by atoms with Crippen LogP contribution in [0, 0.1) is 0 Å². The van der Waals surface area contributed by atoms with E-state index >= 15 is 0 Å². The molecule has 0 spiro atoms. The summed E-state index contributed by atoms with van der Waals surface area (Å²) in [6.45, 7) is 3.53. The molecule has 0 fully saturated rings. The molecule has 0 heterocycles. The summed E-state index contributed by atoms with van der Waals surface area (Å²) in [6, 6.07) is 7.96. The highest BCUT2D eigenvalue weighted by molar-refractivity contribution is 5.32. The summed E-state index contributed by atoms with van der Waals surface area (Å²) in [5.74, 6) is 0.936. The number of nitrogens with two attached hydrogens (primary N) is 1. The fraction of sp³-hybridized carbons (Fsp3) is 0.500. The monoisotopic (exact) mass is 193 g/mol. The molecule has 0 saturated carbocycles. The van der Waals surface area contributed by atoms with Crippen LogP contribution in [0.3, 0.4) is 0 Å². The maximum atomic E-state index is 5.65. The molecular formula is C12H19NO. The molecule has 0 aliphatic carbocycles. The molecule has 0 amide bonds. The number of hydrogen-bond acceptors (Lipinski definition) is 2. The molecule has 78 valence electrons. The van der Waals surface area contributed by atoms with Crippen molar-refractivity contribution in [2.24, 2.45) is 5.73 Å². The van der Waals surface area contributed by atoms with Crippen LogP contribution < -0.4 is 10.5 Å². The van der Waals surface area contributed by atoms with Gasteiger partial charge in [-0.15, -0.1) is 0 Å². The number of benzene rings is 1. The first-order valence-corrected chi connectivity index (χ1v) is 5.29. The minimum atomic E-state index is 0.546. The third-order valence-corrected chi connectivity index (χ3v) is 2.20. The summed E-state index contributed by atoms with van der Waals surface area (Å²) < 4.78 is 5.65. The fourth-order valence-corrected chi connectivity index (χ4v) is 1.35. The topological polar surface area (TPSA) is 35.2 Å². The van der Waals surface area contributed by atoms with Crippen molar-refractivity contribution in [3.8, 4) is 5.75 Å². The third kappa shape index (κ3) is 3.38. The maximum Gasteiger partial charge on any atom is 0.123 e. The van der Waals surface area contributed by atoms with Gasteiger partial charge in [-0.25, -0.2) is 0 Å². The highest BCUT2D eigenvalue weighted by Crippen LogP contribution is 2.17. The molecule has 0 bridgehead atoms. The van der Waals surface area contributed by atoms with E-state index < -0.39 is 0 Å². The summed E-state index contributed by atoms with van der Waals surface area (Å²) in [6.07, 6.45) is 3.57. The number of unbranched alkanes of at least 4 members (excludes halogenated alkanes) is 2. The van der Waals surface area contributed by atoms with E-state index in [1.54, 1.807) is 0 Å². The first-order valence-electron chi connectivity index (χ1n) is 5.29. The zero-order valence-corrected chi connectivity index (χ0v) is 8.83. The summed E-state index contributed by atoms with van der Waals surface area (Å²) in [5.41, 5.74) is 6.69. The zero-order chi connectivity index (χ0) is 10.2. The lowest BCUT2D eigenvalue weighted by atomic mass is 10.2. The smallest absolute Gasteiger partial charge is 0.123 e. The van der Waals surface area contributed by atoms with Gasteiger partial charge in [-0.05, 0) is 12.5 Å². The van der Waals surface area contributed by atoms with Gasteiger partial charge in [-0.3, -0.25) is 0 Å². The molecule has 1 aromatic rings. The van der Waals surface area contributed by atoms with Gasteiger partial charge in [0.25, 0.3) is 0 Å². The molecule has 0 saturated heterocycles. The Kier molecular flexibility index (Phi) is 5.08. The van der Waals surface area contributed by atoms with Crippen LogP contribution in [-0.2, 0) is 6.54 Å². The highest BCUT2D eigenvalue weighted by Gasteiger charge is 1.99. The number of para-hydroxylation sites is 1. The summed E-state index contributed by atoms with van der Waals surface area (Å²) in [4.78, 5) is 0. The summed E-state index contributed by atoms with van der Waals surface area (Å²) >= 11 is 0. The van der Waals surface area contributed by atoms with Gasteiger partial charge >= 0.3 is 0 Å². The van der Waals surface area contributed by atoms with Gasteiger partial charge in [-0.2, -0.15) is 0 Å². The standard InChI is InChI=1S/C12H19NO/c1-2-3-6-9-14-12-8-5-4-7-11(12)10-13/h4-5,7-8H,2-3,6,9-10,13H2,1H3. The van der Waals surface area contributed by atoms with E-state index in [1.807, 2.05) is 24.3 Å². The lowest BCUT2D eigenvalue weighted by Crippen LogP contribution is -2.03. The Bertz CT molecular complexity index is 260. The first kappa shape index (κ1) is 11.1. The van der Waals surface area contributed by atoms with Crippen molar-refractivity contribution in [3.05, 3.63) is 29.8 Å². The molecule has 0 unspecified atom stereocenters. The predicted molar refractivity (Wildman–Crippen MR) is 59.4 cm³/mol. The second-order valence-electron chi connectivity index (χ2n) is 3.37. The zero-order valence-electron chi connectivity index (χ0n) is 8.83. The molecule has 0 atom stereocenters. The van der Waals surface area contributed by atoms with Crippen LogP contribution in [-0.4, -0.2) is 6.61 Å². The second kappa shape index (κ2) is 6.44. The van der Waals surface area contributed by atoms with E-state index in [0.717, 1.165) is 24.3 Å². The van der Waals surface area contributed by atoms with Crippen molar-refractivity contribution in [2.45, 2.75) is 32.7 Å². The number of rotatable bonds is 6. The van der Waals surface area contributed by atoms with Gasteiger partial charge in [0.1, 0.15) is 5.75 Å². The molecule has 0 aliphatic heterocycles. The van der Waals surface area contributed by atoms with Gasteiger partial charge in [-0.1, -0.05) is 38.0 Å². The van der Waals surface area contributed by atoms with Crippen molar-refractivity contribution in [3.63, 3.8) is 0 Å². The van der Waals surface area contributed by atoms with E-state index in [-0.39, 0.29) is 0 Å². The Balaban J connectivity index is 2.41. The first-order chi connectivity index (χ1) is 6.88. The van der Waals surface area contributed by atoms with Crippen LogP contribution in [0.25, 0.3) is 0 Å². The van der Waals surface area contributed by atoms with E-state index in [9.17, 15) is 0 Å². The van der Waals surface area contributed by atoms with Gasteiger partial charge in [0, 0.05) is 12.1 Å². The average Bonchev–Trinajstić information content (AvgIpc) is 2.25. The Morgan fingerprint density at radius 2 is 2.00 bits per heavy atom. The minimum absolute atomic E-state index is 0.546. The molecule has 1 aromatic carbocycles. The molecule has 1 rings (SSSR count). The molecule has 14 heavy (non-hydrogen) atoms. The summed E-state index contributed by atoms with van der Waals surface area (Å²) in [5, 5.41) is 0. The molecular weight excluding hydrogens is 174 g/mol. The Morgan fingerprint density at radius 1 is 1.21 bits per heavy atom. The van der Waals surface area contributed by atoms with Gasteiger partial charge in [0.15, 0.2) is 0 Å². The normalized spacial score (nSPS) is 10.1. The van der Waals surface area contributed by atoms with Crippen molar-refractivity contribution in [1.82, 2.24) is 0 Å². The number of ether oxygens (including phenoxy) is 1. The lowest BCUT2D eigenvalue weighted by molar-refractivity contribution is 0.303. The van der Waals surface area contributed by atoms with Crippen molar-refractivity contribution in [2.75, 3.05) is 6.61 Å². The van der Waals surface area contributed by atoms with Crippen LogP contribution >= 0.6 is 0 Å². The Hall–Kier alpha value is -1.02. The molecule has 2 nitrogen and oxygen atoms in total. The SMILES string of the molecule is CCCCCOc1ccccc1CN. The lowest BCUT2D eigenvalue weighted by Gasteiger charge is -2.09. The average molecular weight is 193 g/mol. The van der Waals surface area contributed by atoms with Crippen LogP contribution in [0.15, 0.2) is 24.3 Å². The Labute approximate surface area is 86.1 Å². The second-order valence-corrected chi connectivity index (χ2v) is 3.37. The van der Waals surface area contributed by atoms with E-state index in [1.165, 1.54) is 12.8 Å². The van der Waals surface area contributed by atoms with E-state index in [0.29, 0.717) is 6.54 Å². The minimum Gasteiger partial charge on any atom is -0.493 e. The summed E-state index contributed by atoms with van der Waals surface area (Å²) in [7, 11) is 0. The Morgan fingerprint density at radius 3 is 2.71 bits per heavy atom. The van der Waals surface area contributed by atoms with Gasteiger partial charge in [0.05, 0.1) is 6.61 Å². The molecule has 2 heteroatoms. The highest BCUT2D eigenvalue weighted by atomic mass is 16.5. The fourth-order valence-electron chi connectivity index (χ4n) is 1.35. The molecule has 0 radical (unpaired) electrons. The van der Waals surface area contributed by atoms with Crippen molar-refractivity contribution in [1.29, 1.82) is 0 Å². The van der Waals surface area contributed by atoms with Crippen LogP contribution in [0.1, 0.15) is 31.7 Å². The molecule has 0 aliphatic rings. The van der Waals surface area contributed by atoms with Crippen LogP contribution in [0.2, 0.25) is 0 Å². The van der Waals surface area contributed by atoms with Gasteiger partial charge in [0.2, 0.25) is 0 Å². The van der Waals surface area contributed by atoms with Crippen LogP contribution in [0.5, 0.6) is 5.75 Å². The van der Waals surface area contributed by atoms with E-state index in [4.69, 9.17) is 10.5 Å². The van der Waals surface area contributed by atoms with E-state index in [2.05, 4.69) is 6.92 Å². The largest absolute Gasteiger partial charge is 0.493 e. The van der Waals surface area contributed by atoms with Crippen molar-refractivity contribution < 1.29 is 4.74 Å². The predicted octanol–water partition coefficient (Wildman–Crippen LogP) is 2.71. The molecule has 0 aromatic heterocycles. The van der Waals surface area contributed by atoms with Crippen LogP contribution in [0.4, 0.5) is 0 Å². The molecule has 2 N–H and O–H groups in total.